The fourth-order valence-electron chi connectivity index (χ4n) is 3.40. The van der Waals surface area contributed by atoms with Crippen LogP contribution in [-0.2, 0) is 0 Å². The van der Waals surface area contributed by atoms with E-state index in [1.165, 1.54) is 10.8 Å². The van der Waals surface area contributed by atoms with Gasteiger partial charge in [-0.15, -0.1) is 11.3 Å². The highest BCUT2D eigenvalue weighted by Gasteiger charge is 2.09. The van der Waals surface area contributed by atoms with Crippen molar-refractivity contribution in [3.05, 3.63) is 77.0 Å². The van der Waals surface area contributed by atoms with Crippen LogP contribution in [0.2, 0.25) is 0 Å². The third kappa shape index (κ3) is 2.20. The van der Waals surface area contributed by atoms with E-state index in [0.717, 1.165) is 36.7 Å². The first-order chi connectivity index (χ1) is 12.2. The maximum absolute atomic E-state index is 13.0. The molecule has 120 valence electrons. The summed E-state index contributed by atoms with van der Waals surface area (Å²) in [5, 5.41) is 6.19. The molecule has 1 aromatic heterocycles. The molecule has 0 N–H and O–H groups in total. The molecule has 0 bridgehead atoms. The zero-order valence-corrected chi connectivity index (χ0v) is 14.4. The molecular formula is C22H14O2S. The van der Waals surface area contributed by atoms with E-state index < -0.39 is 0 Å². The van der Waals surface area contributed by atoms with Crippen molar-refractivity contribution in [2.24, 2.45) is 0 Å². The molecule has 4 aromatic carbocycles. The molecule has 0 atom stereocenters. The van der Waals surface area contributed by atoms with E-state index in [-0.39, 0.29) is 5.43 Å². The van der Waals surface area contributed by atoms with Crippen molar-refractivity contribution >= 4 is 53.1 Å². The van der Waals surface area contributed by atoms with Gasteiger partial charge in [0.1, 0.15) is 5.75 Å². The van der Waals surface area contributed by atoms with Crippen molar-refractivity contribution in [3.8, 4) is 5.75 Å². The number of methoxy groups -OCH3 is 1. The molecule has 0 radical (unpaired) electrons. The van der Waals surface area contributed by atoms with Crippen LogP contribution >= 0.6 is 11.3 Å². The Balaban J connectivity index is 1.92. The first-order valence-corrected chi connectivity index (χ1v) is 8.92. The zero-order valence-electron chi connectivity index (χ0n) is 13.6. The van der Waals surface area contributed by atoms with Gasteiger partial charge in [0.25, 0.3) is 0 Å². The van der Waals surface area contributed by atoms with Gasteiger partial charge < -0.3 is 4.74 Å². The second-order valence-corrected chi connectivity index (χ2v) is 7.27. The molecule has 0 aliphatic heterocycles. The van der Waals surface area contributed by atoms with E-state index in [9.17, 15) is 4.79 Å². The molecule has 25 heavy (non-hydrogen) atoms. The predicted octanol–water partition coefficient (Wildman–Crippen LogP) is 5.73. The number of rotatable bonds is 1. The lowest BCUT2D eigenvalue weighted by molar-refractivity contribution is 0.415. The topological polar surface area (TPSA) is 26.3 Å². The molecule has 2 nitrogen and oxygen atoms in total. The number of fused-ring (bicyclic) bond motifs is 4. The highest BCUT2D eigenvalue weighted by Crippen LogP contribution is 2.32. The van der Waals surface area contributed by atoms with Gasteiger partial charge in [0.05, 0.1) is 7.11 Å². The number of benzene rings is 4. The van der Waals surface area contributed by atoms with Crippen LogP contribution in [0, 0.1) is 0 Å². The molecule has 5 rings (SSSR count). The van der Waals surface area contributed by atoms with E-state index in [2.05, 4.69) is 30.3 Å². The van der Waals surface area contributed by atoms with Gasteiger partial charge in [-0.05, 0) is 64.0 Å². The van der Waals surface area contributed by atoms with Gasteiger partial charge in [0.15, 0.2) is 5.43 Å². The Kier molecular flexibility index (Phi) is 3.06. The average Bonchev–Trinajstić information content (AvgIpc) is 2.65. The van der Waals surface area contributed by atoms with Crippen molar-refractivity contribution in [2.45, 2.75) is 0 Å². The summed E-state index contributed by atoms with van der Waals surface area (Å²) in [7, 11) is 1.64. The van der Waals surface area contributed by atoms with E-state index in [0.29, 0.717) is 0 Å². The number of ether oxygens (including phenoxy) is 1. The first-order valence-electron chi connectivity index (χ1n) is 8.10. The number of hydrogen-bond donors (Lipinski definition) is 0. The van der Waals surface area contributed by atoms with Crippen molar-refractivity contribution in [1.29, 1.82) is 0 Å². The smallest absolute Gasteiger partial charge is 0.195 e. The van der Waals surface area contributed by atoms with E-state index in [1.54, 1.807) is 18.4 Å². The molecule has 0 saturated carbocycles. The fourth-order valence-corrected chi connectivity index (χ4v) is 4.53. The third-order valence-electron chi connectivity index (χ3n) is 4.70. The van der Waals surface area contributed by atoms with Gasteiger partial charge >= 0.3 is 0 Å². The Morgan fingerprint density at radius 1 is 0.720 bits per heavy atom. The van der Waals surface area contributed by atoms with Crippen LogP contribution in [0.3, 0.4) is 0 Å². The highest BCUT2D eigenvalue weighted by molar-refractivity contribution is 7.24. The molecular weight excluding hydrogens is 328 g/mol. The Hall–Kier alpha value is -2.91. The summed E-state index contributed by atoms with van der Waals surface area (Å²) in [6.07, 6.45) is 0. The largest absolute Gasteiger partial charge is 0.497 e. The standard InChI is InChI=1S/C22H14O2S/c1-24-17-6-7-18-21(12-17)25-20-11-16-9-14-5-3-2-4-13(14)8-15(16)10-19(20)22(18)23/h2-12H,1H3. The Morgan fingerprint density at radius 2 is 1.40 bits per heavy atom. The summed E-state index contributed by atoms with van der Waals surface area (Å²) >= 11 is 1.64. The van der Waals surface area contributed by atoms with Crippen molar-refractivity contribution in [2.75, 3.05) is 7.11 Å². The van der Waals surface area contributed by atoms with Crippen molar-refractivity contribution in [3.63, 3.8) is 0 Å². The van der Waals surface area contributed by atoms with E-state index in [1.807, 2.05) is 36.4 Å². The monoisotopic (exact) mass is 342 g/mol. The molecule has 5 aromatic rings. The lowest BCUT2D eigenvalue weighted by Gasteiger charge is -2.07. The lowest BCUT2D eigenvalue weighted by Crippen LogP contribution is -2.01. The quantitative estimate of drug-likeness (QED) is 0.364. The molecule has 0 unspecified atom stereocenters. The minimum Gasteiger partial charge on any atom is -0.497 e. The average molecular weight is 342 g/mol. The molecule has 0 spiro atoms. The van der Waals surface area contributed by atoms with Gasteiger partial charge in [-0.3, -0.25) is 4.79 Å². The normalized spacial score (nSPS) is 11.6. The number of hydrogen-bond acceptors (Lipinski definition) is 3. The van der Waals surface area contributed by atoms with Crippen LogP contribution < -0.4 is 10.2 Å². The van der Waals surface area contributed by atoms with Gasteiger partial charge in [0.2, 0.25) is 0 Å². The molecule has 3 heteroatoms. The molecule has 1 heterocycles. The summed E-state index contributed by atoms with van der Waals surface area (Å²) in [5.41, 5.74) is 0.0847. The van der Waals surface area contributed by atoms with Crippen LogP contribution in [0.1, 0.15) is 0 Å². The summed E-state index contributed by atoms with van der Waals surface area (Å²) < 4.78 is 7.26. The fraction of sp³-hybridized carbons (Fsp3) is 0.0455. The van der Waals surface area contributed by atoms with Crippen LogP contribution in [0.25, 0.3) is 41.7 Å². The molecule has 0 amide bonds. The molecule has 0 fully saturated rings. The van der Waals surface area contributed by atoms with E-state index in [4.69, 9.17) is 4.74 Å². The summed E-state index contributed by atoms with van der Waals surface area (Å²) in [5.74, 6) is 0.772. The minimum atomic E-state index is 0.0847. The van der Waals surface area contributed by atoms with Crippen LogP contribution in [0.4, 0.5) is 0 Å². The maximum atomic E-state index is 13.0. The van der Waals surface area contributed by atoms with Gasteiger partial charge in [-0.1, -0.05) is 24.3 Å². The summed E-state index contributed by atoms with van der Waals surface area (Å²) in [4.78, 5) is 13.0. The SMILES string of the molecule is COc1ccc2c(=O)c3cc4cc5ccccc5cc4cc3sc2c1. The molecule has 0 aliphatic carbocycles. The third-order valence-corrected chi connectivity index (χ3v) is 5.82. The highest BCUT2D eigenvalue weighted by atomic mass is 32.1. The Morgan fingerprint density at radius 3 is 2.12 bits per heavy atom. The molecule has 0 saturated heterocycles. The van der Waals surface area contributed by atoms with E-state index >= 15 is 0 Å². The Labute approximate surface area is 147 Å². The van der Waals surface area contributed by atoms with Gasteiger partial charge in [-0.2, -0.15) is 0 Å². The second kappa shape index (κ2) is 5.30. The zero-order chi connectivity index (χ0) is 17.0. The van der Waals surface area contributed by atoms with Gasteiger partial charge in [-0.25, -0.2) is 0 Å². The first kappa shape index (κ1) is 14.4. The minimum absolute atomic E-state index is 0.0847. The van der Waals surface area contributed by atoms with Gasteiger partial charge in [0, 0.05) is 20.2 Å². The summed E-state index contributed by atoms with van der Waals surface area (Å²) in [6, 6.07) is 22.5. The van der Waals surface area contributed by atoms with Crippen molar-refractivity contribution in [1.82, 2.24) is 0 Å². The van der Waals surface area contributed by atoms with Crippen LogP contribution in [-0.4, -0.2) is 7.11 Å². The Bertz CT molecular complexity index is 1350. The second-order valence-electron chi connectivity index (χ2n) is 6.19. The van der Waals surface area contributed by atoms with Crippen molar-refractivity contribution < 1.29 is 4.74 Å². The molecule has 0 aliphatic rings. The predicted molar refractivity (Wildman–Crippen MR) is 107 cm³/mol. The van der Waals surface area contributed by atoms with Crippen LogP contribution in [0.5, 0.6) is 5.75 Å². The lowest BCUT2D eigenvalue weighted by atomic mass is 10.0. The van der Waals surface area contributed by atoms with Crippen LogP contribution in [0.15, 0.2) is 71.5 Å². The summed E-state index contributed by atoms with van der Waals surface area (Å²) in [6.45, 7) is 0. The maximum Gasteiger partial charge on any atom is 0.195 e.